The van der Waals surface area contributed by atoms with Crippen LogP contribution < -0.4 is 5.32 Å². The summed E-state index contributed by atoms with van der Waals surface area (Å²) in [6.07, 6.45) is 0. The molecule has 1 amide bonds. The molecular weight excluding hydrogens is 261 g/mol. The summed E-state index contributed by atoms with van der Waals surface area (Å²) in [7, 11) is 0. The minimum atomic E-state index is -1.16. The van der Waals surface area contributed by atoms with Crippen LogP contribution in [0.15, 0.2) is 48.5 Å². The normalized spacial score (nSPS) is 10.1. The smallest absolute Gasteiger partial charge is 0.336 e. The lowest BCUT2D eigenvalue weighted by Crippen LogP contribution is -2.16. The molecule has 0 saturated heterocycles. The molecule has 0 aliphatic heterocycles. The fourth-order valence-electron chi connectivity index (χ4n) is 1.74. The van der Waals surface area contributed by atoms with Gasteiger partial charge in [-0.15, -0.1) is 0 Å². The second-order valence-electron chi connectivity index (χ2n) is 4.14. The van der Waals surface area contributed by atoms with Crippen molar-refractivity contribution >= 4 is 17.6 Å². The maximum atomic E-state index is 12.4. The number of nitrogens with one attached hydrogen (secondary N) is 1. The molecule has 5 heteroatoms. The molecule has 0 radical (unpaired) electrons. The Labute approximate surface area is 114 Å². The lowest BCUT2D eigenvalue weighted by molar-refractivity contribution is 0.0692. The third-order valence-corrected chi connectivity index (χ3v) is 2.77. The third-order valence-electron chi connectivity index (χ3n) is 2.77. The van der Waals surface area contributed by atoms with E-state index in [9.17, 15) is 14.0 Å². The number of carboxylic acid groups (broad SMARTS) is 1. The fourth-order valence-corrected chi connectivity index (χ4v) is 1.74. The van der Waals surface area contributed by atoms with Gasteiger partial charge in [0.25, 0.3) is 5.91 Å². The molecule has 2 rings (SSSR count). The average molecular weight is 273 g/mol. The molecule has 4 nitrogen and oxygen atoms in total. The van der Waals surface area contributed by atoms with Gasteiger partial charge in [0.2, 0.25) is 0 Å². The molecule has 0 fully saturated rings. The summed E-state index contributed by atoms with van der Waals surface area (Å²) in [5.74, 6) is -1.68. The average Bonchev–Trinajstić information content (AvgIpc) is 2.48. The van der Waals surface area contributed by atoms with Gasteiger partial charge in [0.1, 0.15) is 6.67 Å². The summed E-state index contributed by atoms with van der Waals surface area (Å²) in [6, 6.07) is 12.2. The molecule has 2 N–H and O–H groups in total. The van der Waals surface area contributed by atoms with Crippen molar-refractivity contribution in [2.45, 2.75) is 6.67 Å². The maximum Gasteiger partial charge on any atom is 0.336 e. The van der Waals surface area contributed by atoms with E-state index >= 15 is 0 Å². The number of hydrogen-bond acceptors (Lipinski definition) is 2. The van der Waals surface area contributed by atoms with Crippen molar-refractivity contribution in [1.82, 2.24) is 0 Å². The van der Waals surface area contributed by atoms with E-state index in [-0.39, 0.29) is 11.1 Å². The second-order valence-corrected chi connectivity index (χ2v) is 4.14. The molecule has 0 bridgehead atoms. The molecule has 2 aromatic carbocycles. The van der Waals surface area contributed by atoms with Gasteiger partial charge in [-0.3, -0.25) is 4.79 Å². The van der Waals surface area contributed by atoms with E-state index < -0.39 is 18.6 Å². The number of carbonyl (C=O) groups excluding carboxylic acids is 1. The standard InChI is InChI=1S/C15H12FNO3/c16-9-10-5-7-11(8-6-10)17-14(18)12-3-1-2-4-13(12)15(19)20/h1-8H,9H2,(H,17,18)(H,19,20). The van der Waals surface area contributed by atoms with Crippen LogP contribution in [-0.4, -0.2) is 17.0 Å². The Kier molecular flexibility index (Phi) is 4.10. The van der Waals surface area contributed by atoms with E-state index in [4.69, 9.17) is 5.11 Å². The van der Waals surface area contributed by atoms with Crippen molar-refractivity contribution in [3.05, 3.63) is 65.2 Å². The number of anilines is 1. The number of halogens is 1. The molecule has 0 atom stereocenters. The fraction of sp³-hybridized carbons (Fsp3) is 0.0667. The molecule has 0 spiro atoms. The Balaban J connectivity index is 2.21. The van der Waals surface area contributed by atoms with Crippen LogP contribution in [0, 0.1) is 0 Å². The number of aromatic carboxylic acids is 1. The summed E-state index contributed by atoms with van der Waals surface area (Å²) in [6.45, 7) is -0.573. The van der Waals surface area contributed by atoms with Gasteiger partial charge >= 0.3 is 5.97 Å². The van der Waals surface area contributed by atoms with Crippen LogP contribution in [-0.2, 0) is 6.67 Å². The highest BCUT2D eigenvalue weighted by Gasteiger charge is 2.15. The summed E-state index contributed by atoms with van der Waals surface area (Å²) in [5, 5.41) is 11.6. The highest BCUT2D eigenvalue weighted by atomic mass is 19.1. The lowest BCUT2D eigenvalue weighted by Gasteiger charge is -2.08. The monoisotopic (exact) mass is 273 g/mol. The summed E-state index contributed by atoms with van der Waals surface area (Å²) >= 11 is 0. The first kappa shape index (κ1) is 13.7. The summed E-state index contributed by atoms with van der Waals surface area (Å²) in [4.78, 5) is 23.1. The van der Waals surface area contributed by atoms with E-state index in [1.165, 1.54) is 12.1 Å². The predicted octanol–water partition coefficient (Wildman–Crippen LogP) is 3.11. The minimum Gasteiger partial charge on any atom is -0.478 e. The molecule has 0 aliphatic carbocycles. The molecule has 0 aliphatic rings. The zero-order valence-electron chi connectivity index (χ0n) is 10.5. The van der Waals surface area contributed by atoms with Crippen LogP contribution in [0.1, 0.15) is 26.3 Å². The van der Waals surface area contributed by atoms with Crippen molar-refractivity contribution in [2.24, 2.45) is 0 Å². The highest BCUT2D eigenvalue weighted by Crippen LogP contribution is 2.14. The Morgan fingerprint density at radius 1 is 1.00 bits per heavy atom. The molecule has 102 valence electrons. The molecule has 0 saturated carbocycles. The summed E-state index contributed by atoms with van der Waals surface area (Å²) in [5.41, 5.74) is 1.00. The van der Waals surface area contributed by atoms with Gasteiger partial charge in [-0.2, -0.15) is 0 Å². The van der Waals surface area contributed by atoms with Crippen LogP contribution in [0.5, 0.6) is 0 Å². The zero-order chi connectivity index (χ0) is 14.5. The van der Waals surface area contributed by atoms with Gasteiger partial charge in [-0.05, 0) is 29.8 Å². The van der Waals surface area contributed by atoms with E-state index in [2.05, 4.69) is 5.32 Å². The Bertz CT molecular complexity index is 638. The van der Waals surface area contributed by atoms with Crippen molar-refractivity contribution in [1.29, 1.82) is 0 Å². The van der Waals surface area contributed by atoms with Gasteiger partial charge in [-0.1, -0.05) is 24.3 Å². The van der Waals surface area contributed by atoms with Crippen molar-refractivity contribution in [3.63, 3.8) is 0 Å². The van der Waals surface area contributed by atoms with E-state index in [1.54, 1.807) is 36.4 Å². The third kappa shape index (κ3) is 3.00. The topological polar surface area (TPSA) is 66.4 Å². The first-order valence-electron chi connectivity index (χ1n) is 5.90. The second kappa shape index (κ2) is 5.97. The molecule has 0 aromatic heterocycles. The largest absolute Gasteiger partial charge is 0.478 e. The minimum absolute atomic E-state index is 0.0645. The Morgan fingerprint density at radius 2 is 1.60 bits per heavy atom. The first-order chi connectivity index (χ1) is 9.61. The number of rotatable bonds is 4. The molecule has 0 unspecified atom stereocenters. The van der Waals surface area contributed by atoms with Crippen LogP contribution in [0.2, 0.25) is 0 Å². The van der Waals surface area contributed by atoms with Crippen molar-refractivity contribution < 1.29 is 19.1 Å². The number of carbonyl (C=O) groups is 2. The Hall–Kier alpha value is -2.69. The number of benzene rings is 2. The number of carboxylic acids is 1. The SMILES string of the molecule is O=C(O)c1ccccc1C(=O)Nc1ccc(CF)cc1. The maximum absolute atomic E-state index is 12.4. The predicted molar refractivity (Wildman–Crippen MR) is 72.6 cm³/mol. The molecular formula is C15H12FNO3. The molecule has 0 heterocycles. The van der Waals surface area contributed by atoms with Gasteiger partial charge < -0.3 is 10.4 Å². The van der Waals surface area contributed by atoms with Gasteiger partial charge in [-0.25, -0.2) is 9.18 Å². The van der Waals surface area contributed by atoms with Crippen LogP contribution in [0.3, 0.4) is 0 Å². The number of amides is 1. The molecule has 20 heavy (non-hydrogen) atoms. The molecule has 2 aromatic rings. The van der Waals surface area contributed by atoms with Crippen LogP contribution >= 0.6 is 0 Å². The van der Waals surface area contributed by atoms with E-state index in [1.807, 2.05) is 0 Å². The van der Waals surface area contributed by atoms with E-state index in [0.29, 0.717) is 11.3 Å². The van der Waals surface area contributed by atoms with Crippen molar-refractivity contribution in [3.8, 4) is 0 Å². The summed E-state index contributed by atoms with van der Waals surface area (Å²) < 4.78 is 12.4. The number of hydrogen-bond donors (Lipinski definition) is 2. The first-order valence-corrected chi connectivity index (χ1v) is 5.90. The van der Waals surface area contributed by atoms with Gasteiger partial charge in [0.05, 0.1) is 11.1 Å². The Morgan fingerprint density at radius 3 is 2.15 bits per heavy atom. The number of alkyl halides is 1. The zero-order valence-corrected chi connectivity index (χ0v) is 10.5. The van der Waals surface area contributed by atoms with Crippen LogP contribution in [0.4, 0.5) is 10.1 Å². The van der Waals surface area contributed by atoms with Crippen molar-refractivity contribution in [2.75, 3.05) is 5.32 Å². The lowest BCUT2D eigenvalue weighted by atomic mass is 10.1. The van der Waals surface area contributed by atoms with Gasteiger partial charge in [0.15, 0.2) is 0 Å². The van der Waals surface area contributed by atoms with E-state index in [0.717, 1.165) is 0 Å². The highest BCUT2D eigenvalue weighted by molar-refractivity contribution is 6.10. The van der Waals surface area contributed by atoms with Crippen LogP contribution in [0.25, 0.3) is 0 Å². The quantitative estimate of drug-likeness (QED) is 0.899. The van der Waals surface area contributed by atoms with Gasteiger partial charge in [0, 0.05) is 5.69 Å².